The zero-order valence-electron chi connectivity index (χ0n) is 4.67. The molecule has 2 aliphatic heterocycles. The van der Waals surface area contributed by atoms with E-state index in [0.717, 1.165) is 19.0 Å². The molecular weight excluding hydrogens is 100 g/mol. The predicted octanol–water partition coefficient (Wildman–Crippen LogP) is 0.214. The largest absolute Gasteiger partial charge is 0.296 e. The summed E-state index contributed by atoms with van der Waals surface area (Å²) in [6.07, 6.45) is 1.14. The standard InChI is InChI=1S/C6H8N2/c7-2-5-1-6-4-8(6)3-5/h5-6H,1,3-4H2/t5-,6?,8?/m1/s1. The molecule has 2 saturated heterocycles. The smallest absolute Gasteiger partial charge is 0.0669 e. The Labute approximate surface area is 48.7 Å². The fraction of sp³-hybridized carbons (Fsp3) is 0.833. The van der Waals surface area contributed by atoms with Crippen LogP contribution >= 0.6 is 0 Å². The van der Waals surface area contributed by atoms with E-state index < -0.39 is 0 Å². The summed E-state index contributed by atoms with van der Waals surface area (Å²) in [5.74, 6) is 0.355. The molecule has 0 aromatic heterocycles. The summed E-state index contributed by atoms with van der Waals surface area (Å²) in [5.41, 5.74) is 0. The number of rotatable bonds is 0. The lowest BCUT2D eigenvalue weighted by atomic mass is 10.1. The average molecular weight is 108 g/mol. The second-order valence-electron chi connectivity index (χ2n) is 2.67. The number of fused-ring (bicyclic) bond motifs is 1. The SMILES string of the molecule is N#C[C@H]1CC2CN2C1. The van der Waals surface area contributed by atoms with Crippen LogP contribution in [0.25, 0.3) is 0 Å². The van der Waals surface area contributed by atoms with Crippen molar-refractivity contribution in [1.29, 1.82) is 5.26 Å². The first kappa shape index (κ1) is 4.34. The van der Waals surface area contributed by atoms with Gasteiger partial charge in [0.1, 0.15) is 0 Å². The van der Waals surface area contributed by atoms with E-state index >= 15 is 0 Å². The van der Waals surface area contributed by atoms with Gasteiger partial charge in [-0.15, -0.1) is 0 Å². The van der Waals surface area contributed by atoms with Gasteiger partial charge >= 0.3 is 0 Å². The minimum absolute atomic E-state index is 0.355. The summed E-state index contributed by atoms with van der Waals surface area (Å²) >= 11 is 0. The van der Waals surface area contributed by atoms with Gasteiger partial charge in [-0.05, 0) is 6.42 Å². The van der Waals surface area contributed by atoms with E-state index in [1.807, 2.05) is 0 Å². The van der Waals surface area contributed by atoms with Gasteiger partial charge in [0.2, 0.25) is 0 Å². The lowest BCUT2D eigenvalue weighted by Crippen LogP contribution is -2.03. The zero-order valence-corrected chi connectivity index (χ0v) is 4.67. The van der Waals surface area contributed by atoms with Crippen LogP contribution in [0.2, 0.25) is 0 Å². The van der Waals surface area contributed by atoms with Gasteiger partial charge in [0.05, 0.1) is 12.0 Å². The van der Waals surface area contributed by atoms with Crippen LogP contribution in [0.1, 0.15) is 6.42 Å². The normalized spacial score (nSPS) is 50.1. The third-order valence-corrected chi connectivity index (χ3v) is 2.02. The highest BCUT2D eigenvalue weighted by Gasteiger charge is 2.43. The third-order valence-electron chi connectivity index (χ3n) is 2.02. The highest BCUT2D eigenvalue weighted by atomic mass is 15.3. The van der Waals surface area contributed by atoms with Crippen LogP contribution in [0.3, 0.4) is 0 Å². The van der Waals surface area contributed by atoms with Crippen molar-refractivity contribution in [3.63, 3.8) is 0 Å². The Hall–Kier alpha value is -0.550. The van der Waals surface area contributed by atoms with Gasteiger partial charge in [-0.25, -0.2) is 0 Å². The second kappa shape index (κ2) is 1.24. The molecule has 2 nitrogen and oxygen atoms in total. The first-order valence-corrected chi connectivity index (χ1v) is 3.04. The van der Waals surface area contributed by atoms with E-state index in [0.29, 0.717) is 5.92 Å². The summed E-state index contributed by atoms with van der Waals surface area (Å²) in [7, 11) is 0. The number of nitriles is 1. The third kappa shape index (κ3) is 0.452. The van der Waals surface area contributed by atoms with Crippen LogP contribution in [0, 0.1) is 17.2 Å². The summed E-state index contributed by atoms with van der Waals surface area (Å²) in [6, 6.07) is 3.09. The molecule has 0 aliphatic carbocycles. The van der Waals surface area contributed by atoms with Crippen molar-refractivity contribution >= 4 is 0 Å². The molecule has 0 N–H and O–H groups in total. The summed E-state index contributed by atoms with van der Waals surface area (Å²) in [5, 5.41) is 8.43. The Morgan fingerprint density at radius 2 is 2.38 bits per heavy atom. The average Bonchev–Trinajstić information content (AvgIpc) is 2.40. The first-order valence-electron chi connectivity index (χ1n) is 3.04. The number of hydrogen-bond donors (Lipinski definition) is 0. The van der Waals surface area contributed by atoms with Crippen LogP contribution in [-0.4, -0.2) is 24.0 Å². The fourth-order valence-corrected chi connectivity index (χ4v) is 1.45. The maximum absolute atomic E-state index is 8.43. The van der Waals surface area contributed by atoms with Gasteiger partial charge in [-0.3, -0.25) is 4.90 Å². The number of nitrogens with zero attached hydrogens (tertiary/aromatic N) is 2. The van der Waals surface area contributed by atoms with Gasteiger partial charge in [0.15, 0.2) is 0 Å². The molecule has 8 heavy (non-hydrogen) atoms. The van der Waals surface area contributed by atoms with E-state index in [1.165, 1.54) is 6.54 Å². The van der Waals surface area contributed by atoms with Gasteiger partial charge in [-0.1, -0.05) is 0 Å². The van der Waals surface area contributed by atoms with E-state index in [-0.39, 0.29) is 0 Å². The Kier molecular flexibility index (Phi) is 0.671. The molecule has 2 aliphatic rings. The Morgan fingerprint density at radius 3 is 2.75 bits per heavy atom. The van der Waals surface area contributed by atoms with Crippen molar-refractivity contribution in [2.75, 3.05) is 13.1 Å². The molecule has 0 bridgehead atoms. The molecular formula is C6H8N2. The van der Waals surface area contributed by atoms with Crippen molar-refractivity contribution < 1.29 is 0 Å². The van der Waals surface area contributed by atoms with Gasteiger partial charge in [0.25, 0.3) is 0 Å². The molecule has 0 aromatic rings. The van der Waals surface area contributed by atoms with Crippen molar-refractivity contribution in [1.82, 2.24) is 4.90 Å². The van der Waals surface area contributed by atoms with Crippen molar-refractivity contribution in [2.45, 2.75) is 12.5 Å². The molecule has 2 unspecified atom stereocenters. The second-order valence-corrected chi connectivity index (χ2v) is 2.67. The minimum atomic E-state index is 0.355. The molecule has 0 saturated carbocycles. The summed E-state index contributed by atoms with van der Waals surface area (Å²) in [6.45, 7) is 2.30. The monoisotopic (exact) mass is 108 g/mol. The maximum atomic E-state index is 8.43. The minimum Gasteiger partial charge on any atom is -0.296 e. The van der Waals surface area contributed by atoms with Gasteiger partial charge < -0.3 is 0 Å². The highest BCUT2D eigenvalue weighted by Crippen LogP contribution is 2.33. The number of piperidine rings is 1. The van der Waals surface area contributed by atoms with Crippen LogP contribution < -0.4 is 0 Å². The van der Waals surface area contributed by atoms with E-state index in [4.69, 9.17) is 5.26 Å². The molecule has 2 fully saturated rings. The fourth-order valence-electron chi connectivity index (χ4n) is 1.45. The van der Waals surface area contributed by atoms with Gasteiger partial charge in [-0.2, -0.15) is 5.26 Å². The molecule has 2 heterocycles. The predicted molar refractivity (Wildman–Crippen MR) is 29.1 cm³/mol. The lowest BCUT2D eigenvalue weighted by Gasteiger charge is -1.95. The van der Waals surface area contributed by atoms with Crippen molar-refractivity contribution in [3.05, 3.63) is 0 Å². The highest BCUT2D eigenvalue weighted by molar-refractivity contribution is 5.04. The lowest BCUT2D eigenvalue weighted by molar-refractivity contribution is 0.552. The quantitative estimate of drug-likeness (QED) is 0.415. The Morgan fingerprint density at radius 1 is 1.50 bits per heavy atom. The van der Waals surface area contributed by atoms with E-state index in [9.17, 15) is 0 Å². The van der Waals surface area contributed by atoms with Crippen molar-refractivity contribution in [3.8, 4) is 6.07 Å². The Balaban J connectivity index is 2.01. The summed E-state index contributed by atoms with van der Waals surface area (Å²) < 4.78 is 0. The zero-order chi connectivity index (χ0) is 5.56. The van der Waals surface area contributed by atoms with Crippen LogP contribution in [-0.2, 0) is 0 Å². The molecule has 0 amide bonds. The van der Waals surface area contributed by atoms with Crippen molar-refractivity contribution in [2.24, 2.45) is 5.92 Å². The first-order chi connectivity index (χ1) is 3.90. The van der Waals surface area contributed by atoms with Crippen LogP contribution in [0.5, 0.6) is 0 Å². The topological polar surface area (TPSA) is 26.8 Å². The molecule has 2 heteroatoms. The molecule has 0 radical (unpaired) electrons. The maximum Gasteiger partial charge on any atom is 0.0669 e. The molecule has 2 rings (SSSR count). The molecule has 3 atom stereocenters. The molecule has 0 aromatic carbocycles. The van der Waals surface area contributed by atoms with Crippen LogP contribution in [0.15, 0.2) is 0 Å². The molecule has 42 valence electrons. The summed E-state index contributed by atoms with van der Waals surface area (Å²) in [4.78, 5) is 2.36. The van der Waals surface area contributed by atoms with Crippen LogP contribution in [0.4, 0.5) is 0 Å². The van der Waals surface area contributed by atoms with Gasteiger partial charge in [0, 0.05) is 19.1 Å². The number of hydrogen-bond acceptors (Lipinski definition) is 2. The van der Waals surface area contributed by atoms with E-state index in [1.54, 1.807) is 0 Å². The molecule has 0 spiro atoms. The Bertz CT molecular complexity index is 137. The van der Waals surface area contributed by atoms with E-state index in [2.05, 4.69) is 11.0 Å².